The number of ether oxygens (including phenoxy) is 1. The molecule has 1 saturated heterocycles. The summed E-state index contributed by atoms with van der Waals surface area (Å²) in [6.45, 7) is 0.986. The number of thiophene rings is 1. The van der Waals surface area contributed by atoms with Crippen LogP contribution in [0.15, 0.2) is 47.8 Å². The van der Waals surface area contributed by atoms with Crippen LogP contribution < -0.4 is 10.6 Å². The summed E-state index contributed by atoms with van der Waals surface area (Å²) in [5.74, 6) is -1.19. The highest BCUT2D eigenvalue weighted by molar-refractivity contribution is 7.09. The van der Waals surface area contributed by atoms with Gasteiger partial charge in [0.1, 0.15) is 0 Å². The van der Waals surface area contributed by atoms with E-state index in [4.69, 9.17) is 4.74 Å². The SMILES string of the molecule is O=C(COC(=O)C1CCCN(C(=O)Nc2ccccc2)C1)NCc1cccs1. The topological polar surface area (TPSA) is 87.7 Å². The molecule has 0 spiro atoms. The lowest BCUT2D eigenvalue weighted by Gasteiger charge is -2.31. The van der Waals surface area contributed by atoms with Gasteiger partial charge in [0.05, 0.1) is 12.5 Å². The molecule has 28 heavy (non-hydrogen) atoms. The maximum atomic E-state index is 12.4. The van der Waals surface area contributed by atoms with Gasteiger partial charge in [-0.05, 0) is 36.4 Å². The molecule has 7 nitrogen and oxygen atoms in total. The third-order valence-electron chi connectivity index (χ3n) is 4.45. The van der Waals surface area contributed by atoms with Gasteiger partial charge in [-0.1, -0.05) is 24.3 Å². The van der Waals surface area contributed by atoms with Crippen LogP contribution in [-0.4, -0.2) is 42.5 Å². The van der Waals surface area contributed by atoms with E-state index >= 15 is 0 Å². The quantitative estimate of drug-likeness (QED) is 0.729. The number of benzene rings is 1. The molecule has 1 atom stereocenters. The number of nitrogens with zero attached hydrogens (tertiary/aromatic N) is 1. The number of para-hydroxylation sites is 1. The summed E-state index contributed by atoms with van der Waals surface area (Å²) in [4.78, 5) is 39.2. The minimum Gasteiger partial charge on any atom is -0.455 e. The average molecular weight is 401 g/mol. The van der Waals surface area contributed by atoms with Crippen molar-refractivity contribution in [1.29, 1.82) is 0 Å². The predicted molar refractivity (Wildman–Crippen MR) is 107 cm³/mol. The highest BCUT2D eigenvalue weighted by Crippen LogP contribution is 2.19. The molecule has 8 heteroatoms. The van der Waals surface area contributed by atoms with Crippen LogP contribution >= 0.6 is 11.3 Å². The van der Waals surface area contributed by atoms with E-state index in [1.165, 1.54) is 0 Å². The van der Waals surface area contributed by atoms with Crippen molar-refractivity contribution in [3.05, 3.63) is 52.7 Å². The van der Waals surface area contributed by atoms with Crippen LogP contribution in [0.1, 0.15) is 17.7 Å². The van der Waals surface area contributed by atoms with E-state index in [2.05, 4.69) is 10.6 Å². The maximum absolute atomic E-state index is 12.4. The number of amides is 3. The Morgan fingerprint density at radius 2 is 1.96 bits per heavy atom. The second-order valence-corrected chi connectivity index (χ2v) is 7.58. The Hall–Kier alpha value is -2.87. The summed E-state index contributed by atoms with van der Waals surface area (Å²) in [5, 5.41) is 7.48. The summed E-state index contributed by atoms with van der Waals surface area (Å²) >= 11 is 1.55. The second-order valence-electron chi connectivity index (χ2n) is 6.55. The first-order valence-electron chi connectivity index (χ1n) is 9.18. The average Bonchev–Trinajstić information content (AvgIpc) is 3.25. The van der Waals surface area contributed by atoms with Crippen LogP contribution in [0.5, 0.6) is 0 Å². The van der Waals surface area contributed by atoms with E-state index in [9.17, 15) is 14.4 Å². The fourth-order valence-corrected chi connectivity index (χ4v) is 3.63. The molecule has 2 heterocycles. The van der Waals surface area contributed by atoms with Crippen molar-refractivity contribution < 1.29 is 19.1 Å². The van der Waals surface area contributed by atoms with Crippen LogP contribution in [0.4, 0.5) is 10.5 Å². The van der Waals surface area contributed by atoms with Gasteiger partial charge in [-0.15, -0.1) is 11.3 Å². The molecule has 1 aliphatic rings. The minimum absolute atomic E-state index is 0.239. The molecule has 0 bridgehead atoms. The number of anilines is 1. The van der Waals surface area contributed by atoms with Crippen molar-refractivity contribution in [2.24, 2.45) is 5.92 Å². The highest BCUT2D eigenvalue weighted by atomic mass is 32.1. The van der Waals surface area contributed by atoms with E-state index in [0.29, 0.717) is 31.6 Å². The van der Waals surface area contributed by atoms with E-state index < -0.39 is 11.9 Å². The van der Waals surface area contributed by atoms with Gasteiger partial charge >= 0.3 is 12.0 Å². The Morgan fingerprint density at radius 3 is 2.71 bits per heavy atom. The smallest absolute Gasteiger partial charge is 0.321 e. The molecule has 1 aromatic carbocycles. The first-order valence-corrected chi connectivity index (χ1v) is 10.1. The molecule has 0 radical (unpaired) electrons. The van der Waals surface area contributed by atoms with Gasteiger partial charge in [-0.3, -0.25) is 9.59 Å². The zero-order valence-electron chi connectivity index (χ0n) is 15.4. The first-order chi connectivity index (χ1) is 13.6. The molecule has 3 rings (SSSR count). The Bertz CT molecular complexity index is 795. The number of likely N-dealkylation sites (tertiary alicyclic amines) is 1. The summed E-state index contributed by atoms with van der Waals surface area (Å²) in [7, 11) is 0. The Balaban J connectivity index is 1.42. The molecular formula is C20H23N3O4S. The highest BCUT2D eigenvalue weighted by Gasteiger charge is 2.29. The lowest BCUT2D eigenvalue weighted by molar-refractivity contribution is -0.153. The van der Waals surface area contributed by atoms with Gasteiger partial charge in [0, 0.05) is 23.7 Å². The summed E-state index contributed by atoms with van der Waals surface area (Å²) in [6.07, 6.45) is 1.36. The molecule has 148 valence electrons. The minimum atomic E-state index is -0.441. The van der Waals surface area contributed by atoms with E-state index in [-0.39, 0.29) is 25.1 Å². The van der Waals surface area contributed by atoms with Gasteiger partial charge in [0.2, 0.25) is 0 Å². The molecule has 1 aliphatic heterocycles. The third-order valence-corrected chi connectivity index (χ3v) is 5.33. The first kappa shape index (κ1) is 19.9. The van der Waals surface area contributed by atoms with E-state index in [1.54, 1.807) is 16.2 Å². The van der Waals surface area contributed by atoms with Gasteiger partial charge in [0.15, 0.2) is 6.61 Å². The number of rotatable bonds is 6. The lowest BCUT2D eigenvalue weighted by atomic mass is 9.98. The third kappa shape index (κ3) is 5.82. The standard InChI is InChI=1S/C20H23N3O4S/c24-18(21-12-17-9-5-11-28-17)14-27-19(25)15-6-4-10-23(13-15)20(26)22-16-7-2-1-3-8-16/h1-3,5,7-9,11,15H,4,6,10,12-14H2,(H,21,24)(H,22,26). The van der Waals surface area contributed by atoms with Gasteiger partial charge in [-0.2, -0.15) is 0 Å². The zero-order valence-corrected chi connectivity index (χ0v) is 16.2. The number of nitrogens with one attached hydrogen (secondary N) is 2. The summed E-state index contributed by atoms with van der Waals surface area (Å²) < 4.78 is 5.15. The molecule has 3 amide bonds. The predicted octanol–water partition coefficient (Wildman–Crippen LogP) is 2.85. The lowest BCUT2D eigenvalue weighted by Crippen LogP contribution is -2.45. The van der Waals surface area contributed by atoms with Crippen molar-refractivity contribution in [3.63, 3.8) is 0 Å². The number of carbonyl (C=O) groups is 3. The summed E-state index contributed by atoms with van der Waals surface area (Å²) in [6, 6.07) is 12.8. The zero-order chi connectivity index (χ0) is 19.8. The molecule has 0 saturated carbocycles. The molecule has 0 aliphatic carbocycles. The second kappa shape index (κ2) is 9.89. The van der Waals surface area contributed by atoms with Gasteiger partial charge in [0.25, 0.3) is 5.91 Å². The van der Waals surface area contributed by atoms with Gasteiger partial charge in [-0.25, -0.2) is 4.79 Å². The van der Waals surface area contributed by atoms with Crippen LogP contribution in [0.25, 0.3) is 0 Å². The van der Waals surface area contributed by atoms with Crippen molar-refractivity contribution in [3.8, 4) is 0 Å². The Morgan fingerprint density at radius 1 is 1.14 bits per heavy atom. The molecule has 2 aromatic rings. The maximum Gasteiger partial charge on any atom is 0.321 e. The molecular weight excluding hydrogens is 378 g/mol. The monoisotopic (exact) mass is 401 g/mol. The molecule has 1 unspecified atom stereocenters. The van der Waals surface area contributed by atoms with Crippen molar-refractivity contribution >= 4 is 34.9 Å². The fraction of sp³-hybridized carbons (Fsp3) is 0.350. The van der Waals surface area contributed by atoms with Crippen LogP contribution in [-0.2, 0) is 20.9 Å². The van der Waals surface area contributed by atoms with Gasteiger partial charge < -0.3 is 20.3 Å². The fourth-order valence-electron chi connectivity index (χ4n) is 2.98. The number of hydrogen-bond donors (Lipinski definition) is 2. The summed E-state index contributed by atoms with van der Waals surface area (Å²) in [5.41, 5.74) is 0.708. The number of urea groups is 1. The van der Waals surface area contributed by atoms with E-state index in [1.807, 2.05) is 47.8 Å². The number of hydrogen-bond acceptors (Lipinski definition) is 5. The Kier molecular flexibility index (Phi) is 7.02. The molecule has 1 fully saturated rings. The van der Waals surface area contributed by atoms with Crippen molar-refractivity contribution in [2.45, 2.75) is 19.4 Å². The molecule has 1 aromatic heterocycles. The van der Waals surface area contributed by atoms with E-state index in [0.717, 1.165) is 4.88 Å². The number of carbonyl (C=O) groups excluding carboxylic acids is 3. The number of piperidine rings is 1. The Labute approximate surface area is 167 Å². The van der Waals surface area contributed by atoms with Crippen LogP contribution in [0.3, 0.4) is 0 Å². The van der Waals surface area contributed by atoms with Crippen molar-refractivity contribution in [2.75, 3.05) is 25.0 Å². The largest absolute Gasteiger partial charge is 0.455 e. The van der Waals surface area contributed by atoms with Crippen LogP contribution in [0.2, 0.25) is 0 Å². The van der Waals surface area contributed by atoms with Crippen LogP contribution in [0, 0.1) is 5.92 Å². The molecule has 2 N–H and O–H groups in total. The normalized spacial score (nSPS) is 16.3. The number of esters is 1. The van der Waals surface area contributed by atoms with Crippen molar-refractivity contribution in [1.82, 2.24) is 10.2 Å².